The highest BCUT2D eigenvalue weighted by atomic mass is 32.2. The van der Waals surface area contributed by atoms with Gasteiger partial charge in [-0.1, -0.05) is 24.3 Å². The fourth-order valence-electron chi connectivity index (χ4n) is 2.03. The van der Waals surface area contributed by atoms with E-state index in [9.17, 15) is 8.42 Å². The topological polar surface area (TPSA) is 72.0 Å². The van der Waals surface area contributed by atoms with Crippen molar-refractivity contribution in [1.29, 1.82) is 0 Å². The van der Waals surface area contributed by atoms with E-state index in [1.54, 1.807) is 36.5 Å². The lowest BCUT2D eigenvalue weighted by Crippen LogP contribution is -2.26. The summed E-state index contributed by atoms with van der Waals surface area (Å²) in [5.41, 5.74) is 1.68. The first-order valence-corrected chi connectivity index (χ1v) is 9.42. The summed E-state index contributed by atoms with van der Waals surface area (Å²) in [7, 11) is -3.46. The number of rotatable bonds is 6. The molecular weight excluding hydrogens is 330 g/mol. The van der Waals surface area contributed by atoms with E-state index in [4.69, 9.17) is 0 Å². The molecule has 2 aromatic heterocycles. The largest absolute Gasteiger partial charge is 0.254 e. The number of benzene rings is 1. The van der Waals surface area contributed by atoms with Crippen LogP contribution in [-0.4, -0.2) is 24.9 Å². The number of hydrogen-bond acceptors (Lipinski definition) is 5. The zero-order valence-corrected chi connectivity index (χ0v) is 13.8. The van der Waals surface area contributed by atoms with Crippen LogP contribution in [0.5, 0.6) is 0 Å². The molecule has 0 bridgehead atoms. The summed E-state index contributed by atoms with van der Waals surface area (Å²) >= 11 is 1.51. The standard InChI is InChI=1S/C16H15N3O2S2/c20-23(21,14-6-2-1-3-7-14)18-11-9-13-12-22-16(19-13)15-8-4-5-10-17-15/h1-8,10,12,18H,9,11H2. The SMILES string of the molecule is O=S(=O)(NCCc1csc(-c2ccccn2)n1)c1ccccc1. The number of thiazole rings is 1. The molecule has 0 saturated heterocycles. The van der Waals surface area contributed by atoms with Crippen molar-refractivity contribution in [3.8, 4) is 10.7 Å². The number of sulfonamides is 1. The van der Waals surface area contributed by atoms with Crippen molar-refractivity contribution in [3.63, 3.8) is 0 Å². The zero-order chi connectivity index (χ0) is 16.1. The van der Waals surface area contributed by atoms with Gasteiger partial charge in [0, 0.05) is 24.5 Å². The second kappa shape index (κ2) is 6.99. The van der Waals surface area contributed by atoms with Gasteiger partial charge < -0.3 is 0 Å². The zero-order valence-electron chi connectivity index (χ0n) is 12.2. The molecule has 3 aromatic rings. The molecule has 1 N–H and O–H groups in total. The summed E-state index contributed by atoms with van der Waals surface area (Å²) in [6.07, 6.45) is 2.26. The average Bonchev–Trinajstić information content (AvgIpc) is 3.05. The molecule has 118 valence electrons. The Balaban J connectivity index is 1.61. The van der Waals surface area contributed by atoms with Gasteiger partial charge in [-0.3, -0.25) is 4.98 Å². The van der Waals surface area contributed by atoms with Gasteiger partial charge in [0.05, 0.1) is 16.3 Å². The summed E-state index contributed by atoms with van der Waals surface area (Å²) in [5.74, 6) is 0. The molecule has 23 heavy (non-hydrogen) atoms. The highest BCUT2D eigenvalue weighted by Crippen LogP contribution is 2.21. The minimum atomic E-state index is -3.46. The Morgan fingerprint density at radius 2 is 1.83 bits per heavy atom. The Bertz CT molecular complexity index is 863. The van der Waals surface area contributed by atoms with Crippen LogP contribution in [0, 0.1) is 0 Å². The van der Waals surface area contributed by atoms with Crippen LogP contribution in [0.1, 0.15) is 5.69 Å². The highest BCUT2D eigenvalue weighted by Gasteiger charge is 2.13. The summed E-state index contributed by atoms with van der Waals surface area (Å²) in [6.45, 7) is 0.308. The van der Waals surface area contributed by atoms with E-state index < -0.39 is 10.0 Å². The molecule has 7 heteroatoms. The number of pyridine rings is 1. The van der Waals surface area contributed by atoms with E-state index in [0.29, 0.717) is 13.0 Å². The van der Waals surface area contributed by atoms with E-state index in [0.717, 1.165) is 16.4 Å². The summed E-state index contributed by atoms with van der Waals surface area (Å²) in [4.78, 5) is 9.02. The van der Waals surface area contributed by atoms with Crippen LogP contribution in [-0.2, 0) is 16.4 Å². The van der Waals surface area contributed by atoms with Crippen molar-refractivity contribution in [2.24, 2.45) is 0 Å². The second-order valence-corrected chi connectivity index (χ2v) is 7.44. The fourth-order valence-corrected chi connectivity index (χ4v) is 3.91. The lowest BCUT2D eigenvalue weighted by molar-refractivity contribution is 0.581. The normalized spacial score (nSPS) is 11.5. The second-order valence-electron chi connectivity index (χ2n) is 4.82. The quantitative estimate of drug-likeness (QED) is 0.746. The maximum Gasteiger partial charge on any atom is 0.240 e. The third-order valence-electron chi connectivity index (χ3n) is 3.16. The Labute approximate surface area is 139 Å². The number of nitrogens with one attached hydrogen (secondary N) is 1. The van der Waals surface area contributed by atoms with Crippen molar-refractivity contribution in [2.75, 3.05) is 6.54 Å². The molecule has 0 aliphatic heterocycles. The Hall–Kier alpha value is -2.09. The van der Waals surface area contributed by atoms with E-state index in [2.05, 4.69) is 14.7 Å². The van der Waals surface area contributed by atoms with Gasteiger partial charge in [-0.05, 0) is 24.3 Å². The first-order valence-electron chi connectivity index (χ1n) is 7.06. The molecule has 0 fully saturated rings. The molecule has 0 atom stereocenters. The monoisotopic (exact) mass is 345 g/mol. The van der Waals surface area contributed by atoms with Gasteiger partial charge in [0.1, 0.15) is 5.01 Å². The lowest BCUT2D eigenvalue weighted by atomic mass is 10.3. The predicted molar refractivity (Wildman–Crippen MR) is 90.7 cm³/mol. The molecule has 0 unspecified atom stereocenters. The maximum absolute atomic E-state index is 12.1. The van der Waals surface area contributed by atoms with E-state index >= 15 is 0 Å². The molecule has 0 aliphatic rings. The van der Waals surface area contributed by atoms with E-state index in [1.807, 2.05) is 23.6 Å². The van der Waals surface area contributed by atoms with Gasteiger partial charge in [0.2, 0.25) is 10.0 Å². The minimum Gasteiger partial charge on any atom is -0.254 e. The number of aromatic nitrogens is 2. The molecule has 1 aromatic carbocycles. The van der Waals surface area contributed by atoms with Crippen LogP contribution in [0.2, 0.25) is 0 Å². The van der Waals surface area contributed by atoms with Crippen molar-refractivity contribution in [1.82, 2.24) is 14.7 Å². The highest BCUT2D eigenvalue weighted by molar-refractivity contribution is 7.89. The molecule has 0 spiro atoms. The van der Waals surface area contributed by atoms with Gasteiger partial charge in [-0.15, -0.1) is 11.3 Å². The van der Waals surface area contributed by atoms with Crippen LogP contribution < -0.4 is 4.72 Å². The molecule has 0 radical (unpaired) electrons. The Morgan fingerprint density at radius 3 is 2.57 bits per heavy atom. The minimum absolute atomic E-state index is 0.271. The van der Waals surface area contributed by atoms with Crippen molar-refractivity contribution in [2.45, 2.75) is 11.3 Å². The maximum atomic E-state index is 12.1. The molecule has 0 saturated carbocycles. The van der Waals surface area contributed by atoms with Gasteiger partial charge in [-0.2, -0.15) is 0 Å². The fraction of sp³-hybridized carbons (Fsp3) is 0.125. The molecular formula is C16H15N3O2S2. The Kier molecular flexibility index (Phi) is 4.80. The van der Waals surface area contributed by atoms with Crippen LogP contribution >= 0.6 is 11.3 Å². The Morgan fingerprint density at radius 1 is 1.04 bits per heavy atom. The molecule has 0 aliphatic carbocycles. The van der Waals surface area contributed by atoms with Crippen LogP contribution in [0.15, 0.2) is 65.0 Å². The molecule has 3 rings (SSSR count). The number of nitrogens with zero attached hydrogens (tertiary/aromatic N) is 2. The number of hydrogen-bond donors (Lipinski definition) is 1. The third kappa shape index (κ3) is 4.01. The van der Waals surface area contributed by atoms with Gasteiger partial charge in [-0.25, -0.2) is 18.1 Å². The van der Waals surface area contributed by atoms with Crippen LogP contribution in [0.25, 0.3) is 10.7 Å². The first-order chi connectivity index (χ1) is 11.1. The molecule has 0 amide bonds. The summed E-state index contributed by atoms with van der Waals surface area (Å²) in [6, 6.07) is 14.0. The van der Waals surface area contributed by atoms with Crippen molar-refractivity contribution < 1.29 is 8.42 Å². The molecule has 2 heterocycles. The van der Waals surface area contributed by atoms with Gasteiger partial charge >= 0.3 is 0 Å². The smallest absolute Gasteiger partial charge is 0.240 e. The van der Waals surface area contributed by atoms with Crippen LogP contribution in [0.4, 0.5) is 0 Å². The van der Waals surface area contributed by atoms with Crippen molar-refractivity contribution >= 4 is 21.4 Å². The summed E-state index contributed by atoms with van der Waals surface area (Å²) < 4.78 is 26.8. The third-order valence-corrected chi connectivity index (χ3v) is 5.55. The lowest BCUT2D eigenvalue weighted by Gasteiger charge is -2.05. The van der Waals surface area contributed by atoms with Gasteiger partial charge in [0.15, 0.2) is 0 Å². The average molecular weight is 345 g/mol. The first kappa shape index (κ1) is 15.8. The van der Waals surface area contributed by atoms with Crippen LogP contribution in [0.3, 0.4) is 0 Å². The molecule has 5 nitrogen and oxygen atoms in total. The van der Waals surface area contributed by atoms with Crippen molar-refractivity contribution in [3.05, 3.63) is 65.8 Å². The van der Waals surface area contributed by atoms with E-state index in [-0.39, 0.29) is 4.90 Å². The summed E-state index contributed by atoms with van der Waals surface area (Å²) in [5, 5.41) is 2.77. The van der Waals surface area contributed by atoms with Gasteiger partial charge in [0.25, 0.3) is 0 Å². The predicted octanol–water partition coefficient (Wildman–Crippen LogP) is 2.73. The van der Waals surface area contributed by atoms with E-state index in [1.165, 1.54) is 11.3 Å².